The van der Waals surface area contributed by atoms with Crippen LogP contribution in [0, 0.1) is 0 Å². The lowest BCUT2D eigenvalue weighted by Gasteiger charge is -1.92. The number of hydrogen-bond acceptors (Lipinski definition) is 0. The standard InChI is InChI=1S/C9H8Br2/c10-6-2-4-8-3-1-5-9(11)7-8/h1-5,7H,6H2/b4-2+. The van der Waals surface area contributed by atoms with Crippen molar-refractivity contribution in [3.63, 3.8) is 0 Å². The highest BCUT2D eigenvalue weighted by Crippen LogP contribution is 2.12. The van der Waals surface area contributed by atoms with Crippen LogP contribution in [-0.4, -0.2) is 5.33 Å². The summed E-state index contributed by atoms with van der Waals surface area (Å²) in [5, 5.41) is 0.902. The van der Waals surface area contributed by atoms with Gasteiger partial charge in [0.1, 0.15) is 0 Å². The second-order valence-electron chi connectivity index (χ2n) is 2.11. The minimum atomic E-state index is 0.902. The number of halogens is 2. The Bertz CT molecular complexity index is 253. The zero-order valence-corrected chi connectivity index (χ0v) is 9.10. The molecule has 0 aromatic heterocycles. The fraction of sp³-hybridized carbons (Fsp3) is 0.111. The molecule has 1 aromatic carbocycles. The van der Waals surface area contributed by atoms with Crippen molar-refractivity contribution in [1.29, 1.82) is 0 Å². The van der Waals surface area contributed by atoms with E-state index < -0.39 is 0 Å². The second kappa shape index (κ2) is 4.73. The molecule has 0 saturated heterocycles. The molecular weight excluding hydrogens is 268 g/mol. The lowest BCUT2D eigenvalue weighted by Crippen LogP contribution is -1.70. The third-order valence-electron chi connectivity index (χ3n) is 1.25. The first-order chi connectivity index (χ1) is 5.33. The topological polar surface area (TPSA) is 0 Å². The van der Waals surface area contributed by atoms with E-state index in [0.29, 0.717) is 0 Å². The van der Waals surface area contributed by atoms with Crippen LogP contribution in [0.15, 0.2) is 34.8 Å². The fourth-order valence-electron chi connectivity index (χ4n) is 0.791. The van der Waals surface area contributed by atoms with E-state index in [0.717, 1.165) is 9.80 Å². The van der Waals surface area contributed by atoms with E-state index in [1.54, 1.807) is 0 Å². The van der Waals surface area contributed by atoms with E-state index in [9.17, 15) is 0 Å². The van der Waals surface area contributed by atoms with Crippen molar-refractivity contribution in [3.8, 4) is 0 Å². The third kappa shape index (κ3) is 3.21. The molecule has 1 aromatic rings. The summed E-state index contributed by atoms with van der Waals surface area (Å²) in [6.07, 6.45) is 4.15. The Labute approximate surface area is 83.6 Å². The van der Waals surface area contributed by atoms with Crippen LogP contribution in [0.5, 0.6) is 0 Å². The van der Waals surface area contributed by atoms with Gasteiger partial charge in [0.2, 0.25) is 0 Å². The summed E-state index contributed by atoms with van der Waals surface area (Å²) in [7, 11) is 0. The van der Waals surface area contributed by atoms with Crippen LogP contribution in [0.25, 0.3) is 6.08 Å². The van der Waals surface area contributed by atoms with Crippen molar-refractivity contribution >= 4 is 37.9 Å². The molecule has 0 bridgehead atoms. The number of alkyl halides is 1. The van der Waals surface area contributed by atoms with Crippen LogP contribution >= 0.6 is 31.9 Å². The summed E-state index contributed by atoms with van der Waals surface area (Å²) in [4.78, 5) is 0. The van der Waals surface area contributed by atoms with E-state index in [2.05, 4.69) is 56.1 Å². The quantitative estimate of drug-likeness (QED) is 0.719. The zero-order chi connectivity index (χ0) is 8.10. The molecule has 0 unspecified atom stereocenters. The Morgan fingerprint density at radius 3 is 2.82 bits per heavy atom. The molecule has 11 heavy (non-hydrogen) atoms. The van der Waals surface area contributed by atoms with Crippen LogP contribution in [0.2, 0.25) is 0 Å². The average Bonchev–Trinajstić information content (AvgIpc) is 2.01. The van der Waals surface area contributed by atoms with Gasteiger partial charge in [0.25, 0.3) is 0 Å². The molecule has 0 fully saturated rings. The molecule has 0 amide bonds. The molecule has 0 aliphatic rings. The number of benzene rings is 1. The van der Waals surface area contributed by atoms with E-state index in [1.165, 1.54) is 5.56 Å². The maximum Gasteiger partial charge on any atom is 0.0215 e. The zero-order valence-electron chi connectivity index (χ0n) is 5.93. The van der Waals surface area contributed by atoms with Crippen molar-refractivity contribution in [2.75, 3.05) is 5.33 Å². The van der Waals surface area contributed by atoms with Gasteiger partial charge in [-0.05, 0) is 17.7 Å². The van der Waals surface area contributed by atoms with Gasteiger partial charge < -0.3 is 0 Å². The van der Waals surface area contributed by atoms with Crippen molar-refractivity contribution < 1.29 is 0 Å². The van der Waals surface area contributed by atoms with Crippen LogP contribution in [0.4, 0.5) is 0 Å². The van der Waals surface area contributed by atoms with Crippen LogP contribution in [-0.2, 0) is 0 Å². The molecular formula is C9H8Br2. The summed E-state index contributed by atoms with van der Waals surface area (Å²) in [6, 6.07) is 8.20. The Morgan fingerprint density at radius 2 is 2.18 bits per heavy atom. The summed E-state index contributed by atoms with van der Waals surface area (Å²) in [5.74, 6) is 0. The first-order valence-electron chi connectivity index (χ1n) is 3.31. The first-order valence-corrected chi connectivity index (χ1v) is 5.22. The number of hydrogen-bond donors (Lipinski definition) is 0. The van der Waals surface area contributed by atoms with Crippen LogP contribution in [0.3, 0.4) is 0 Å². The van der Waals surface area contributed by atoms with Gasteiger partial charge in [-0.1, -0.05) is 56.1 Å². The molecule has 0 radical (unpaired) electrons. The van der Waals surface area contributed by atoms with Crippen LogP contribution < -0.4 is 0 Å². The molecule has 0 aliphatic carbocycles. The average molecular weight is 276 g/mol. The largest absolute Gasteiger partial charge is 0.0883 e. The summed E-state index contributed by atoms with van der Waals surface area (Å²) in [6.45, 7) is 0. The van der Waals surface area contributed by atoms with Crippen molar-refractivity contribution in [1.82, 2.24) is 0 Å². The van der Waals surface area contributed by atoms with Gasteiger partial charge in [0.05, 0.1) is 0 Å². The molecule has 0 spiro atoms. The Kier molecular flexibility index (Phi) is 3.87. The SMILES string of the molecule is BrC/C=C/c1cccc(Br)c1. The smallest absolute Gasteiger partial charge is 0.0215 e. The van der Waals surface area contributed by atoms with E-state index in [-0.39, 0.29) is 0 Å². The fourth-order valence-corrected chi connectivity index (χ4v) is 1.39. The number of allylic oxidation sites excluding steroid dienone is 1. The first kappa shape index (κ1) is 9.01. The van der Waals surface area contributed by atoms with Crippen LogP contribution in [0.1, 0.15) is 5.56 Å². The van der Waals surface area contributed by atoms with Gasteiger partial charge in [-0.3, -0.25) is 0 Å². The summed E-state index contributed by atoms with van der Waals surface area (Å²) in [5.41, 5.74) is 1.22. The van der Waals surface area contributed by atoms with Gasteiger partial charge in [0, 0.05) is 9.80 Å². The highest BCUT2D eigenvalue weighted by atomic mass is 79.9. The minimum absolute atomic E-state index is 0.902. The molecule has 0 atom stereocenters. The molecule has 0 aliphatic heterocycles. The Hall–Kier alpha value is -0.0800. The van der Waals surface area contributed by atoms with Gasteiger partial charge in [-0.15, -0.1) is 0 Å². The van der Waals surface area contributed by atoms with Gasteiger partial charge in [0.15, 0.2) is 0 Å². The summed E-state index contributed by atoms with van der Waals surface area (Å²) < 4.78 is 1.12. The van der Waals surface area contributed by atoms with E-state index in [1.807, 2.05) is 12.1 Å². The monoisotopic (exact) mass is 274 g/mol. The molecule has 0 heterocycles. The molecule has 0 N–H and O–H groups in total. The highest BCUT2D eigenvalue weighted by molar-refractivity contribution is 9.10. The van der Waals surface area contributed by atoms with Crippen molar-refractivity contribution in [2.45, 2.75) is 0 Å². The normalized spacial score (nSPS) is 10.7. The Balaban J connectivity index is 2.79. The van der Waals surface area contributed by atoms with Gasteiger partial charge >= 0.3 is 0 Å². The summed E-state index contributed by atoms with van der Waals surface area (Å²) >= 11 is 6.74. The molecule has 0 saturated carbocycles. The maximum absolute atomic E-state index is 3.41. The van der Waals surface area contributed by atoms with E-state index in [4.69, 9.17) is 0 Å². The van der Waals surface area contributed by atoms with Crippen molar-refractivity contribution in [3.05, 3.63) is 40.4 Å². The minimum Gasteiger partial charge on any atom is -0.0883 e. The highest BCUT2D eigenvalue weighted by Gasteiger charge is 1.86. The Morgan fingerprint density at radius 1 is 1.36 bits per heavy atom. The van der Waals surface area contributed by atoms with Gasteiger partial charge in [-0.2, -0.15) is 0 Å². The van der Waals surface area contributed by atoms with Gasteiger partial charge in [-0.25, -0.2) is 0 Å². The second-order valence-corrected chi connectivity index (χ2v) is 3.67. The van der Waals surface area contributed by atoms with Crippen molar-refractivity contribution in [2.24, 2.45) is 0 Å². The van der Waals surface area contributed by atoms with E-state index >= 15 is 0 Å². The third-order valence-corrected chi connectivity index (χ3v) is 2.12. The molecule has 1 rings (SSSR count). The predicted octanol–water partition coefficient (Wildman–Crippen LogP) is 3.86. The maximum atomic E-state index is 3.41. The lowest BCUT2D eigenvalue weighted by atomic mass is 10.2. The molecule has 0 nitrogen and oxygen atoms in total. The predicted molar refractivity (Wildman–Crippen MR) is 57.0 cm³/mol. The molecule has 2 heteroatoms. The number of rotatable bonds is 2. The molecule has 58 valence electrons. The lowest BCUT2D eigenvalue weighted by molar-refractivity contribution is 1.60.